The highest BCUT2D eigenvalue weighted by Gasteiger charge is 2.23. The Balaban J connectivity index is 1.55. The zero-order valence-corrected chi connectivity index (χ0v) is 21.3. The van der Waals surface area contributed by atoms with Gasteiger partial charge in [0.15, 0.2) is 10.8 Å². The minimum Gasteiger partial charge on any atom is -0.476 e. The molecule has 0 saturated carbocycles. The molecule has 3 heterocycles. The largest absolute Gasteiger partial charge is 0.476 e. The lowest BCUT2D eigenvalue weighted by Crippen LogP contribution is -2.14. The van der Waals surface area contributed by atoms with Crippen LogP contribution in [0.2, 0.25) is 5.15 Å². The van der Waals surface area contributed by atoms with E-state index in [1.165, 1.54) is 0 Å². The van der Waals surface area contributed by atoms with Crippen LogP contribution in [0.25, 0.3) is 33.7 Å². The second kappa shape index (κ2) is 9.84. The Morgan fingerprint density at radius 3 is 2.72 bits per heavy atom. The van der Waals surface area contributed by atoms with Crippen molar-refractivity contribution in [3.8, 4) is 22.7 Å². The van der Waals surface area contributed by atoms with E-state index < -0.39 is 12.1 Å². The van der Waals surface area contributed by atoms with Crippen LogP contribution in [-0.2, 0) is 13.0 Å². The fraction of sp³-hybridized carbons (Fsp3) is 0.208. The van der Waals surface area contributed by atoms with E-state index in [9.17, 15) is 15.0 Å². The summed E-state index contributed by atoms with van der Waals surface area (Å²) in [7, 11) is 0. The minimum atomic E-state index is -1.17. The van der Waals surface area contributed by atoms with Crippen molar-refractivity contribution >= 4 is 44.5 Å². The normalized spacial score (nSPS) is 12.3. The Bertz CT molecular complexity index is 1560. The number of nitrogens with zero attached hydrogens (tertiary/aromatic N) is 5. The van der Waals surface area contributed by atoms with E-state index in [1.807, 2.05) is 42.5 Å². The number of carboxylic acid groups (broad SMARTS) is 1. The van der Waals surface area contributed by atoms with Crippen molar-refractivity contribution in [2.24, 2.45) is 0 Å². The van der Waals surface area contributed by atoms with Gasteiger partial charge in [0.2, 0.25) is 5.82 Å². The van der Waals surface area contributed by atoms with Crippen molar-refractivity contribution in [3.05, 3.63) is 69.2 Å². The van der Waals surface area contributed by atoms with Gasteiger partial charge in [-0.25, -0.2) is 9.78 Å². The van der Waals surface area contributed by atoms with Gasteiger partial charge in [-0.15, -0.1) is 10.2 Å². The number of aromatic carboxylic acids is 1. The predicted molar refractivity (Wildman–Crippen MR) is 136 cm³/mol. The molecule has 0 spiro atoms. The van der Waals surface area contributed by atoms with Gasteiger partial charge in [-0.05, 0) is 52.2 Å². The van der Waals surface area contributed by atoms with E-state index in [0.717, 1.165) is 26.5 Å². The van der Waals surface area contributed by atoms with Crippen molar-refractivity contribution in [2.45, 2.75) is 32.4 Å². The zero-order chi connectivity index (χ0) is 25.4. The number of aromatic amines is 1. The van der Waals surface area contributed by atoms with Gasteiger partial charge in [0.25, 0.3) is 0 Å². The molecular weight excluding hydrogens is 552 g/mol. The number of nitrogens with one attached hydrogen (secondary N) is 1. The number of hydrogen-bond donors (Lipinski definition) is 3. The third kappa shape index (κ3) is 4.52. The molecule has 5 rings (SSSR count). The highest BCUT2D eigenvalue weighted by atomic mass is 79.9. The standard InChI is InChI=1S/C24H20BrClN6O4/c1-12(33)6-9-18-27-22(26)20(24(34)35)32(18)11-13-7-8-17-16(10-13)19(25)21(36-17)14-4-2-3-5-15(14)23-28-30-31-29-23/h2-5,7-8,10,12,33H,6,9,11H2,1H3,(H,34,35)(H,28,29,30,31). The number of aliphatic hydroxyl groups is 1. The highest BCUT2D eigenvalue weighted by Crippen LogP contribution is 2.41. The quantitative estimate of drug-likeness (QED) is 0.237. The number of aliphatic hydroxyl groups excluding tert-OH is 1. The monoisotopic (exact) mass is 570 g/mol. The van der Waals surface area contributed by atoms with E-state index in [1.54, 1.807) is 11.5 Å². The summed E-state index contributed by atoms with van der Waals surface area (Å²) in [6.45, 7) is 1.91. The number of furan rings is 1. The molecule has 5 aromatic rings. The molecule has 0 aliphatic rings. The molecule has 0 fully saturated rings. The third-order valence-electron chi connectivity index (χ3n) is 5.78. The maximum atomic E-state index is 11.9. The van der Waals surface area contributed by atoms with Crippen molar-refractivity contribution in [1.82, 2.24) is 30.2 Å². The molecule has 10 nitrogen and oxygen atoms in total. The van der Waals surface area contributed by atoms with Crippen molar-refractivity contribution in [1.29, 1.82) is 0 Å². The molecule has 0 aliphatic carbocycles. The molecule has 1 atom stereocenters. The van der Waals surface area contributed by atoms with Gasteiger partial charge in [-0.1, -0.05) is 41.9 Å². The first-order valence-corrected chi connectivity index (χ1v) is 12.2. The second-order valence-electron chi connectivity index (χ2n) is 8.30. The van der Waals surface area contributed by atoms with Crippen LogP contribution in [-0.4, -0.2) is 52.5 Å². The van der Waals surface area contributed by atoms with Crippen LogP contribution >= 0.6 is 27.5 Å². The van der Waals surface area contributed by atoms with Gasteiger partial charge in [0.05, 0.1) is 10.6 Å². The maximum absolute atomic E-state index is 11.9. The van der Waals surface area contributed by atoms with Gasteiger partial charge in [0, 0.05) is 29.5 Å². The Labute approximate surface area is 218 Å². The number of hydrogen-bond acceptors (Lipinski definition) is 7. The number of fused-ring (bicyclic) bond motifs is 1. The number of halogens is 2. The molecule has 3 N–H and O–H groups in total. The van der Waals surface area contributed by atoms with Crippen molar-refractivity contribution in [2.75, 3.05) is 0 Å². The smallest absolute Gasteiger partial charge is 0.355 e. The fourth-order valence-electron chi connectivity index (χ4n) is 4.09. The molecule has 0 aliphatic heterocycles. The lowest BCUT2D eigenvalue weighted by Gasteiger charge is -2.11. The lowest BCUT2D eigenvalue weighted by molar-refractivity contribution is 0.0685. The summed E-state index contributed by atoms with van der Waals surface area (Å²) in [5.41, 5.74) is 2.95. The van der Waals surface area contributed by atoms with Crippen LogP contribution in [0, 0.1) is 0 Å². The van der Waals surface area contributed by atoms with E-state index in [4.69, 9.17) is 16.0 Å². The van der Waals surface area contributed by atoms with Crippen LogP contribution in [0.4, 0.5) is 0 Å². The SMILES string of the molecule is CC(O)CCc1nc(Cl)c(C(=O)O)n1Cc1ccc2oc(-c3ccccc3-c3nn[nH]n3)c(Br)c2c1. The van der Waals surface area contributed by atoms with Gasteiger partial charge < -0.3 is 19.2 Å². The number of imidazole rings is 1. The molecular formula is C24H20BrClN6O4. The molecule has 0 radical (unpaired) electrons. The Kier molecular flexibility index (Phi) is 6.61. The van der Waals surface area contributed by atoms with E-state index in [0.29, 0.717) is 35.8 Å². The molecule has 2 aromatic carbocycles. The summed E-state index contributed by atoms with van der Waals surface area (Å²) < 4.78 is 8.51. The Morgan fingerprint density at radius 2 is 2.03 bits per heavy atom. The summed E-state index contributed by atoms with van der Waals surface area (Å²) in [6, 6.07) is 13.2. The molecule has 0 bridgehead atoms. The first-order chi connectivity index (χ1) is 17.3. The average molecular weight is 572 g/mol. The topological polar surface area (TPSA) is 143 Å². The predicted octanol–water partition coefficient (Wildman–Crippen LogP) is 4.95. The van der Waals surface area contributed by atoms with Gasteiger partial charge >= 0.3 is 5.97 Å². The first kappa shape index (κ1) is 24.2. The number of benzene rings is 2. The van der Waals surface area contributed by atoms with Gasteiger partial charge in [0.1, 0.15) is 17.2 Å². The van der Waals surface area contributed by atoms with Crippen molar-refractivity contribution < 1.29 is 19.4 Å². The number of carbonyl (C=O) groups is 1. The number of H-pyrrole nitrogens is 1. The lowest BCUT2D eigenvalue weighted by atomic mass is 10.0. The van der Waals surface area contributed by atoms with Crippen LogP contribution < -0.4 is 0 Å². The summed E-state index contributed by atoms with van der Waals surface area (Å²) in [4.78, 5) is 16.2. The summed E-state index contributed by atoms with van der Waals surface area (Å²) in [5, 5.41) is 34.5. The molecule has 12 heteroatoms. The second-order valence-corrected chi connectivity index (χ2v) is 9.45. The number of carboxylic acids is 1. The van der Waals surface area contributed by atoms with Gasteiger partial charge in [-0.3, -0.25) is 0 Å². The van der Waals surface area contributed by atoms with E-state index in [2.05, 4.69) is 41.5 Å². The van der Waals surface area contributed by atoms with Crippen LogP contribution in [0.3, 0.4) is 0 Å². The van der Waals surface area contributed by atoms with E-state index in [-0.39, 0.29) is 17.4 Å². The molecule has 0 amide bonds. The molecule has 3 aromatic heterocycles. The molecule has 0 saturated heterocycles. The number of aromatic nitrogens is 6. The Morgan fingerprint density at radius 1 is 1.25 bits per heavy atom. The molecule has 36 heavy (non-hydrogen) atoms. The number of aryl methyl sites for hydroxylation is 1. The molecule has 1 unspecified atom stereocenters. The third-order valence-corrected chi connectivity index (χ3v) is 6.83. The maximum Gasteiger partial charge on any atom is 0.355 e. The van der Waals surface area contributed by atoms with Gasteiger partial charge in [-0.2, -0.15) is 5.21 Å². The minimum absolute atomic E-state index is 0.0750. The Hall–Kier alpha value is -3.54. The highest BCUT2D eigenvalue weighted by molar-refractivity contribution is 9.10. The number of rotatable bonds is 8. The summed E-state index contributed by atoms with van der Waals surface area (Å²) in [5.74, 6) is 0.389. The zero-order valence-electron chi connectivity index (χ0n) is 18.9. The molecule has 184 valence electrons. The summed E-state index contributed by atoms with van der Waals surface area (Å²) in [6.07, 6.45) is 0.274. The summed E-state index contributed by atoms with van der Waals surface area (Å²) >= 11 is 9.84. The van der Waals surface area contributed by atoms with Crippen LogP contribution in [0.15, 0.2) is 51.4 Å². The van der Waals surface area contributed by atoms with Crippen molar-refractivity contribution in [3.63, 3.8) is 0 Å². The van der Waals surface area contributed by atoms with E-state index >= 15 is 0 Å². The fourth-order valence-corrected chi connectivity index (χ4v) is 4.98. The average Bonchev–Trinajstić information content (AvgIpc) is 3.56. The van der Waals surface area contributed by atoms with Crippen LogP contribution in [0.5, 0.6) is 0 Å². The van der Waals surface area contributed by atoms with Crippen LogP contribution in [0.1, 0.15) is 35.2 Å². The number of tetrazole rings is 1. The first-order valence-electron chi connectivity index (χ1n) is 11.0.